The highest BCUT2D eigenvalue weighted by molar-refractivity contribution is 7.18. The van der Waals surface area contributed by atoms with Gasteiger partial charge in [-0.1, -0.05) is 17.7 Å². The highest BCUT2D eigenvalue weighted by Crippen LogP contribution is 2.35. The lowest BCUT2D eigenvalue weighted by Crippen LogP contribution is -2.30. The average molecular weight is 351 g/mol. The van der Waals surface area contributed by atoms with Crippen LogP contribution in [0, 0.1) is 6.92 Å². The van der Waals surface area contributed by atoms with Gasteiger partial charge in [0.1, 0.15) is 10.7 Å². The minimum Gasteiger partial charge on any atom is -0.364 e. The van der Waals surface area contributed by atoms with E-state index in [9.17, 15) is 4.79 Å². The molecule has 4 nitrogen and oxygen atoms in total. The Labute approximate surface area is 150 Å². The number of anilines is 1. The first-order valence-electron chi connectivity index (χ1n) is 9.07. The van der Waals surface area contributed by atoms with Crippen LogP contribution in [0.2, 0.25) is 0 Å². The summed E-state index contributed by atoms with van der Waals surface area (Å²) in [5.74, 6) is 0.783. The third-order valence-corrected chi connectivity index (χ3v) is 6.60. The molecule has 5 rings (SSSR count). The summed E-state index contributed by atoms with van der Waals surface area (Å²) in [6.07, 6.45) is 5.58. The third kappa shape index (κ3) is 2.49. The topological polar surface area (TPSA) is 49.0 Å². The summed E-state index contributed by atoms with van der Waals surface area (Å²) in [6.45, 7) is 3.82. The van der Waals surface area contributed by atoms with Crippen molar-refractivity contribution < 1.29 is 0 Å². The normalized spacial score (nSPS) is 16.3. The number of rotatable bonds is 2. The first-order chi connectivity index (χ1) is 12.2. The van der Waals surface area contributed by atoms with E-state index in [0.29, 0.717) is 6.54 Å². The van der Waals surface area contributed by atoms with Crippen LogP contribution in [-0.2, 0) is 25.8 Å². The number of nitrogens with one attached hydrogen (secondary N) is 1. The van der Waals surface area contributed by atoms with Crippen LogP contribution >= 0.6 is 11.3 Å². The van der Waals surface area contributed by atoms with Crippen molar-refractivity contribution in [3.05, 3.63) is 55.9 Å². The average Bonchev–Trinajstić information content (AvgIpc) is 3.15. The second kappa shape index (κ2) is 5.70. The van der Waals surface area contributed by atoms with Gasteiger partial charge in [-0.25, -0.2) is 4.98 Å². The molecule has 1 aromatic carbocycles. The van der Waals surface area contributed by atoms with E-state index in [1.54, 1.807) is 11.3 Å². The Morgan fingerprint density at radius 1 is 1.24 bits per heavy atom. The number of aromatic amines is 1. The molecule has 3 heterocycles. The molecule has 0 fully saturated rings. The third-order valence-electron chi connectivity index (χ3n) is 5.41. The molecule has 0 spiro atoms. The van der Waals surface area contributed by atoms with E-state index < -0.39 is 0 Å². The number of aromatic nitrogens is 2. The van der Waals surface area contributed by atoms with Crippen LogP contribution in [0.15, 0.2) is 23.0 Å². The van der Waals surface area contributed by atoms with Crippen LogP contribution in [-0.4, -0.2) is 16.5 Å². The maximum absolute atomic E-state index is 12.6. The van der Waals surface area contributed by atoms with Gasteiger partial charge in [-0.15, -0.1) is 11.3 Å². The molecule has 1 N–H and O–H groups in total. The van der Waals surface area contributed by atoms with E-state index in [4.69, 9.17) is 4.98 Å². The summed E-state index contributed by atoms with van der Waals surface area (Å²) in [5.41, 5.74) is 5.29. The summed E-state index contributed by atoms with van der Waals surface area (Å²) >= 11 is 1.71. The van der Waals surface area contributed by atoms with Gasteiger partial charge in [0.2, 0.25) is 0 Å². The molecule has 0 atom stereocenters. The Kier molecular flexibility index (Phi) is 3.45. The van der Waals surface area contributed by atoms with Crippen molar-refractivity contribution in [2.24, 2.45) is 0 Å². The summed E-state index contributed by atoms with van der Waals surface area (Å²) in [6, 6.07) is 6.66. The summed E-state index contributed by atoms with van der Waals surface area (Å²) in [5, 5.41) is 0.843. The number of thiophene rings is 1. The predicted octanol–water partition coefficient (Wildman–Crippen LogP) is 3.73. The number of aryl methyl sites for hydroxylation is 4. The highest BCUT2D eigenvalue weighted by atomic mass is 32.1. The Morgan fingerprint density at radius 3 is 3.08 bits per heavy atom. The first-order valence-corrected chi connectivity index (χ1v) is 9.88. The van der Waals surface area contributed by atoms with Crippen molar-refractivity contribution in [3.8, 4) is 0 Å². The van der Waals surface area contributed by atoms with E-state index in [-0.39, 0.29) is 5.56 Å². The van der Waals surface area contributed by atoms with Crippen molar-refractivity contribution in [2.75, 3.05) is 11.4 Å². The number of H-pyrrole nitrogens is 1. The fourth-order valence-corrected chi connectivity index (χ4v) is 5.55. The molecule has 5 heteroatoms. The molecule has 0 unspecified atom stereocenters. The van der Waals surface area contributed by atoms with Crippen LogP contribution in [0.25, 0.3) is 10.2 Å². The Hall–Kier alpha value is -2.14. The van der Waals surface area contributed by atoms with E-state index in [1.807, 2.05) is 0 Å². The molecule has 0 saturated heterocycles. The van der Waals surface area contributed by atoms with Crippen molar-refractivity contribution in [2.45, 2.75) is 45.6 Å². The minimum atomic E-state index is 0.0422. The van der Waals surface area contributed by atoms with Crippen LogP contribution in [0.1, 0.15) is 40.2 Å². The van der Waals surface area contributed by atoms with Crippen molar-refractivity contribution in [3.63, 3.8) is 0 Å². The molecule has 0 saturated carbocycles. The second-order valence-corrected chi connectivity index (χ2v) is 8.29. The van der Waals surface area contributed by atoms with Gasteiger partial charge < -0.3 is 9.88 Å². The quantitative estimate of drug-likeness (QED) is 0.765. The Bertz CT molecular complexity index is 1030. The number of nitrogens with zero attached hydrogens (tertiary/aromatic N) is 2. The van der Waals surface area contributed by atoms with Crippen LogP contribution in [0.5, 0.6) is 0 Å². The van der Waals surface area contributed by atoms with E-state index in [0.717, 1.165) is 48.3 Å². The fourth-order valence-electron chi connectivity index (χ4n) is 4.27. The van der Waals surface area contributed by atoms with Gasteiger partial charge in [0.15, 0.2) is 0 Å². The highest BCUT2D eigenvalue weighted by Gasteiger charge is 2.22. The number of benzene rings is 1. The first kappa shape index (κ1) is 15.1. The van der Waals surface area contributed by atoms with Crippen molar-refractivity contribution in [1.82, 2.24) is 9.97 Å². The van der Waals surface area contributed by atoms with Gasteiger partial charge in [-0.3, -0.25) is 4.79 Å². The van der Waals surface area contributed by atoms with Gasteiger partial charge >= 0.3 is 0 Å². The summed E-state index contributed by atoms with van der Waals surface area (Å²) < 4.78 is 0. The molecule has 0 radical (unpaired) electrons. The van der Waals surface area contributed by atoms with E-state index in [1.165, 1.54) is 33.7 Å². The van der Waals surface area contributed by atoms with E-state index >= 15 is 0 Å². The Morgan fingerprint density at radius 2 is 2.16 bits per heavy atom. The maximum atomic E-state index is 12.6. The molecule has 2 aliphatic rings. The lowest BCUT2D eigenvalue weighted by Gasteiger charge is -2.31. The fraction of sp³-hybridized carbons (Fsp3) is 0.400. The maximum Gasteiger partial charge on any atom is 0.259 e. The van der Waals surface area contributed by atoms with Crippen LogP contribution < -0.4 is 10.5 Å². The van der Waals surface area contributed by atoms with Gasteiger partial charge in [-0.05, 0) is 56.2 Å². The van der Waals surface area contributed by atoms with E-state index in [2.05, 4.69) is 35.0 Å². The van der Waals surface area contributed by atoms with Gasteiger partial charge in [0.25, 0.3) is 5.56 Å². The minimum absolute atomic E-state index is 0.0422. The lowest BCUT2D eigenvalue weighted by atomic mass is 9.99. The van der Waals surface area contributed by atoms with Gasteiger partial charge in [-0.2, -0.15) is 0 Å². The van der Waals surface area contributed by atoms with Gasteiger partial charge in [0, 0.05) is 17.1 Å². The van der Waals surface area contributed by atoms with Gasteiger partial charge in [0.05, 0.1) is 11.9 Å². The zero-order chi connectivity index (χ0) is 17.0. The second-order valence-electron chi connectivity index (χ2n) is 7.21. The molecule has 3 aromatic rings. The number of hydrogen-bond donors (Lipinski definition) is 1. The summed E-state index contributed by atoms with van der Waals surface area (Å²) in [4.78, 5) is 25.1. The van der Waals surface area contributed by atoms with Crippen LogP contribution in [0.4, 0.5) is 5.69 Å². The molecule has 1 aliphatic heterocycles. The lowest BCUT2D eigenvalue weighted by molar-refractivity contribution is 0.674. The number of fused-ring (bicyclic) bond motifs is 4. The number of hydrogen-bond acceptors (Lipinski definition) is 4. The standard InChI is InChI=1S/C20H21N3OS/c1-12-7-8-15-13(10-12)4-3-9-23(15)11-17-21-19(24)18-14-5-2-6-16(14)25-20(18)22-17/h7-8,10H,2-6,9,11H2,1H3,(H,21,22,24). The molecule has 2 aromatic heterocycles. The Balaban J connectivity index is 1.52. The molecule has 25 heavy (non-hydrogen) atoms. The predicted molar refractivity (Wildman–Crippen MR) is 103 cm³/mol. The molecular formula is C20H21N3OS. The largest absolute Gasteiger partial charge is 0.364 e. The molecule has 0 bridgehead atoms. The molecular weight excluding hydrogens is 330 g/mol. The SMILES string of the molecule is Cc1ccc2c(c1)CCCN2Cc1nc2sc3c(c2c(=O)[nH]1)CCC3. The monoisotopic (exact) mass is 351 g/mol. The molecule has 128 valence electrons. The zero-order valence-corrected chi connectivity index (χ0v) is 15.2. The molecule has 1 aliphatic carbocycles. The molecule has 0 amide bonds. The summed E-state index contributed by atoms with van der Waals surface area (Å²) in [7, 11) is 0. The smallest absolute Gasteiger partial charge is 0.259 e. The van der Waals surface area contributed by atoms with Crippen molar-refractivity contribution >= 4 is 27.2 Å². The zero-order valence-electron chi connectivity index (χ0n) is 14.4. The van der Waals surface area contributed by atoms with Crippen LogP contribution in [0.3, 0.4) is 0 Å². The van der Waals surface area contributed by atoms with Crippen molar-refractivity contribution in [1.29, 1.82) is 0 Å².